The number of likely N-dealkylation sites (N-methyl/N-ethyl adjacent to an activating group) is 1. The van der Waals surface area contributed by atoms with Gasteiger partial charge < -0.3 is 10.2 Å². The second-order valence-electron chi connectivity index (χ2n) is 5.47. The van der Waals surface area contributed by atoms with Crippen LogP contribution in [0.4, 0.5) is 0 Å². The molecule has 1 aliphatic rings. The van der Waals surface area contributed by atoms with Crippen molar-refractivity contribution < 1.29 is 9.59 Å². The number of carbonyl (C=O) groups is 2. The van der Waals surface area contributed by atoms with E-state index in [1.165, 1.54) is 0 Å². The van der Waals surface area contributed by atoms with Crippen LogP contribution in [0, 0.1) is 6.92 Å². The lowest BCUT2D eigenvalue weighted by Gasteiger charge is -2.38. The predicted octanol–water partition coefficient (Wildman–Crippen LogP) is -0.530. The van der Waals surface area contributed by atoms with Crippen LogP contribution in [0.15, 0.2) is 12.3 Å². The summed E-state index contributed by atoms with van der Waals surface area (Å²) in [5.74, 6) is -0.0137. The van der Waals surface area contributed by atoms with Crippen molar-refractivity contribution >= 4 is 11.8 Å². The number of hydrogen-bond acceptors (Lipinski definition) is 4. The molecule has 1 aliphatic heterocycles. The van der Waals surface area contributed by atoms with E-state index in [-0.39, 0.29) is 17.9 Å². The molecule has 1 aromatic heterocycles. The van der Waals surface area contributed by atoms with Gasteiger partial charge in [-0.1, -0.05) is 0 Å². The molecule has 0 saturated carbocycles. The van der Waals surface area contributed by atoms with Crippen LogP contribution in [0.1, 0.15) is 12.6 Å². The Labute approximate surface area is 124 Å². The van der Waals surface area contributed by atoms with Gasteiger partial charge in [0.25, 0.3) is 0 Å². The number of aromatic nitrogens is 2. The van der Waals surface area contributed by atoms with Gasteiger partial charge in [-0.25, -0.2) is 0 Å². The quantitative estimate of drug-likeness (QED) is 0.810. The highest BCUT2D eigenvalue weighted by Crippen LogP contribution is 2.08. The van der Waals surface area contributed by atoms with Crippen molar-refractivity contribution in [2.24, 2.45) is 0 Å². The van der Waals surface area contributed by atoms with Crippen molar-refractivity contribution in [3.05, 3.63) is 18.0 Å². The van der Waals surface area contributed by atoms with E-state index >= 15 is 0 Å². The van der Waals surface area contributed by atoms with Gasteiger partial charge in [0.2, 0.25) is 11.8 Å². The topological polar surface area (TPSA) is 70.5 Å². The molecule has 1 saturated heterocycles. The van der Waals surface area contributed by atoms with Crippen molar-refractivity contribution in [1.29, 1.82) is 0 Å². The Morgan fingerprint density at radius 3 is 2.81 bits per heavy atom. The van der Waals surface area contributed by atoms with E-state index in [1.807, 2.05) is 35.8 Å². The third-order valence-electron chi connectivity index (χ3n) is 3.81. The summed E-state index contributed by atoms with van der Waals surface area (Å²) < 4.78 is 1.81. The van der Waals surface area contributed by atoms with E-state index in [0.29, 0.717) is 26.2 Å². The van der Waals surface area contributed by atoms with Gasteiger partial charge in [0.15, 0.2) is 0 Å². The molecule has 7 heteroatoms. The van der Waals surface area contributed by atoms with Crippen molar-refractivity contribution in [1.82, 2.24) is 24.9 Å². The van der Waals surface area contributed by atoms with Crippen molar-refractivity contribution in [2.45, 2.75) is 26.4 Å². The van der Waals surface area contributed by atoms with E-state index in [0.717, 1.165) is 12.2 Å². The lowest BCUT2D eigenvalue weighted by molar-refractivity contribution is -0.135. The molecule has 0 radical (unpaired) electrons. The molecule has 1 aromatic rings. The van der Waals surface area contributed by atoms with E-state index in [4.69, 9.17) is 0 Å². The second-order valence-corrected chi connectivity index (χ2v) is 5.47. The van der Waals surface area contributed by atoms with Crippen molar-refractivity contribution in [3.63, 3.8) is 0 Å². The minimum atomic E-state index is -0.276. The number of rotatable bonds is 4. The van der Waals surface area contributed by atoms with Crippen LogP contribution >= 0.6 is 0 Å². The second kappa shape index (κ2) is 6.71. The van der Waals surface area contributed by atoms with Gasteiger partial charge in [0.05, 0.1) is 12.2 Å². The van der Waals surface area contributed by atoms with Gasteiger partial charge in [-0.05, 0) is 20.0 Å². The number of aryl methyl sites for hydroxylation is 1. The average molecular weight is 293 g/mol. The Morgan fingerprint density at radius 1 is 1.43 bits per heavy atom. The first-order valence-corrected chi connectivity index (χ1v) is 7.21. The molecule has 21 heavy (non-hydrogen) atoms. The molecule has 116 valence electrons. The summed E-state index contributed by atoms with van der Waals surface area (Å²) in [6.45, 7) is 6.51. The van der Waals surface area contributed by atoms with E-state index in [9.17, 15) is 9.59 Å². The predicted molar refractivity (Wildman–Crippen MR) is 78.6 cm³/mol. The zero-order valence-electron chi connectivity index (χ0n) is 12.9. The van der Waals surface area contributed by atoms with Gasteiger partial charge >= 0.3 is 0 Å². The maximum Gasteiger partial charge on any atom is 0.239 e. The normalized spacial score (nSPS) is 19.6. The third kappa shape index (κ3) is 4.04. The Hall–Kier alpha value is -1.89. The van der Waals surface area contributed by atoms with E-state index in [1.54, 1.807) is 11.8 Å². The molecule has 1 atom stereocenters. The van der Waals surface area contributed by atoms with Gasteiger partial charge in [-0.2, -0.15) is 5.10 Å². The molecular formula is C14H23N5O2. The fourth-order valence-corrected chi connectivity index (χ4v) is 2.44. The van der Waals surface area contributed by atoms with Gasteiger partial charge in [0.1, 0.15) is 6.04 Å². The summed E-state index contributed by atoms with van der Waals surface area (Å²) in [4.78, 5) is 27.4. The first kappa shape index (κ1) is 15.5. The highest BCUT2D eigenvalue weighted by molar-refractivity contribution is 5.83. The standard InChI is InChI=1S/C14H23N5O2/c1-11-4-6-19(16-11)7-5-15-14(21)13-10-18(12(2)20)9-8-17(13)3/h4,6,13H,5,7-10H2,1-3H3,(H,15,21). The number of amides is 2. The van der Waals surface area contributed by atoms with Crippen LogP contribution in [0.25, 0.3) is 0 Å². The van der Waals surface area contributed by atoms with Crippen LogP contribution in [-0.2, 0) is 16.1 Å². The fourth-order valence-electron chi connectivity index (χ4n) is 2.44. The Balaban J connectivity index is 1.82. The Morgan fingerprint density at radius 2 is 2.19 bits per heavy atom. The molecule has 1 fully saturated rings. The molecule has 2 amide bonds. The molecular weight excluding hydrogens is 270 g/mol. The zero-order valence-corrected chi connectivity index (χ0v) is 12.9. The SMILES string of the molecule is CC(=O)N1CCN(C)C(C(=O)NCCn2ccc(C)n2)C1. The van der Waals surface area contributed by atoms with E-state index in [2.05, 4.69) is 10.4 Å². The number of nitrogens with zero attached hydrogens (tertiary/aromatic N) is 4. The minimum absolute atomic E-state index is 0.0212. The van der Waals surface area contributed by atoms with Crippen LogP contribution in [0.2, 0.25) is 0 Å². The monoisotopic (exact) mass is 293 g/mol. The largest absolute Gasteiger partial charge is 0.353 e. The van der Waals surface area contributed by atoms with Crippen LogP contribution in [0.5, 0.6) is 0 Å². The summed E-state index contributed by atoms with van der Waals surface area (Å²) in [6.07, 6.45) is 1.89. The summed E-state index contributed by atoms with van der Waals surface area (Å²) >= 11 is 0. The molecule has 0 spiro atoms. The number of nitrogens with one attached hydrogen (secondary N) is 1. The lowest BCUT2D eigenvalue weighted by Crippen LogP contribution is -2.58. The average Bonchev–Trinajstić information content (AvgIpc) is 2.84. The van der Waals surface area contributed by atoms with Gasteiger partial charge in [-0.3, -0.25) is 19.2 Å². The number of piperazine rings is 1. The molecule has 7 nitrogen and oxygen atoms in total. The Kier molecular flexibility index (Phi) is 4.95. The molecule has 0 aromatic carbocycles. The molecule has 1 N–H and O–H groups in total. The van der Waals surface area contributed by atoms with Gasteiger partial charge in [0, 0.05) is 39.3 Å². The third-order valence-corrected chi connectivity index (χ3v) is 3.81. The van der Waals surface area contributed by atoms with E-state index < -0.39 is 0 Å². The number of carbonyl (C=O) groups excluding carboxylic acids is 2. The highest BCUT2D eigenvalue weighted by Gasteiger charge is 2.30. The first-order valence-electron chi connectivity index (χ1n) is 7.21. The van der Waals surface area contributed by atoms with Gasteiger partial charge in [-0.15, -0.1) is 0 Å². The Bertz CT molecular complexity index is 513. The molecule has 1 unspecified atom stereocenters. The summed E-state index contributed by atoms with van der Waals surface area (Å²) in [6, 6.07) is 1.66. The molecule has 0 aliphatic carbocycles. The van der Waals surface area contributed by atoms with Crippen molar-refractivity contribution in [2.75, 3.05) is 33.2 Å². The smallest absolute Gasteiger partial charge is 0.239 e. The maximum absolute atomic E-state index is 12.3. The van der Waals surface area contributed by atoms with Crippen LogP contribution < -0.4 is 5.32 Å². The highest BCUT2D eigenvalue weighted by atomic mass is 16.2. The maximum atomic E-state index is 12.3. The number of hydrogen-bond donors (Lipinski definition) is 1. The first-order chi connectivity index (χ1) is 9.97. The summed E-state index contributed by atoms with van der Waals surface area (Å²) in [5, 5.41) is 7.19. The summed E-state index contributed by atoms with van der Waals surface area (Å²) in [5.41, 5.74) is 0.963. The van der Waals surface area contributed by atoms with Crippen molar-refractivity contribution in [3.8, 4) is 0 Å². The van der Waals surface area contributed by atoms with Crippen LogP contribution in [0.3, 0.4) is 0 Å². The molecule has 2 heterocycles. The zero-order chi connectivity index (χ0) is 15.4. The lowest BCUT2D eigenvalue weighted by atomic mass is 10.1. The fraction of sp³-hybridized carbons (Fsp3) is 0.643. The van der Waals surface area contributed by atoms with Crippen LogP contribution in [-0.4, -0.2) is 70.7 Å². The molecule has 2 rings (SSSR count). The minimum Gasteiger partial charge on any atom is -0.353 e. The molecule has 0 bridgehead atoms. The summed E-state index contributed by atoms with van der Waals surface area (Å²) in [7, 11) is 1.92.